The lowest BCUT2D eigenvalue weighted by Gasteiger charge is -2.35. The molecule has 23 heavy (non-hydrogen) atoms. The van der Waals surface area contributed by atoms with Crippen molar-refractivity contribution < 1.29 is 18.3 Å². The molecule has 1 aromatic carbocycles. The van der Waals surface area contributed by atoms with Crippen molar-refractivity contribution in [2.75, 3.05) is 13.1 Å². The smallest absolute Gasteiger partial charge is 0.410 e. The monoisotopic (exact) mass is 326 g/mol. The summed E-state index contributed by atoms with van der Waals surface area (Å²) in [7, 11) is 0. The molecule has 1 aliphatic heterocycles. The Kier molecular flexibility index (Phi) is 5.24. The van der Waals surface area contributed by atoms with E-state index in [4.69, 9.17) is 10.5 Å². The van der Waals surface area contributed by atoms with Crippen molar-refractivity contribution in [1.82, 2.24) is 4.90 Å². The van der Waals surface area contributed by atoms with Gasteiger partial charge in [-0.1, -0.05) is 6.07 Å². The van der Waals surface area contributed by atoms with Gasteiger partial charge in [0, 0.05) is 30.8 Å². The van der Waals surface area contributed by atoms with E-state index in [-0.39, 0.29) is 12.0 Å². The molecule has 0 bridgehead atoms. The van der Waals surface area contributed by atoms with Crippen LogP contribution >= 0.6 is 0 Å². The maximum atomic E-state index is 13.8. The van der Waals surface area contributed by atoms with Crippen LogP contribution in [-0.4, -0.2) is 29.7 Å². The quantitative estimate of drug-likeness (QED) is 0.903. The molecule has 4 nitrogen and oxygen atoms in total. The first kappa shape index (κ1) is 17.7. The summed E-state index contributed by atoms with van der Waals surface area (Å²) in [6.07, 6.45) is 0.992. The number of piperidine rings is 1. The molecule has 0 aromatic heterocycles. The Hall–Kier alpha value is -1.69. The molecule has 0 saturated carbocycles. The number of halogens is 2. The van der Waals surface area contributed by atoms with Crippen LogP contribution in [0.2, 0.25) is 0 Å². The van der Waals surface area contributed by atoms with Crippen LogP contribution in [0.3, 0.4) is 0 Å². The number of nitrogens with two attached hydrogens (primary N) is 1. The first-order valence-electron chi connectivity index (χ1n) is 7.86. The normalized spacial score (nSPS) is 17.9. The first-order chi connectivity index (χ1) is 10.7. The third-order valence-electron chi connectivity index (χ3n) is 4.02. The van der Waals surface area contributed by atoms with Crippen molar-refractivity contribution in [2.45, 2.75) is 45.3 Å². The zero-order valence-corrected chi connectivity index (χ0v) is 13.8. The molecule has 1 heterocycles. The number of hydrogen-bond donors (Lipinski definition) is 1. The van der Waals surface area contributed by atoms with Crippen LogP contribution < -0.4 is 5.73 Å². The minimum absolute atomic E-state index is 0.0497. The second kappa shape index (κ2) is 6.83. The number of carbonyl (C=O) groups excluding carboxylic acids is 1. The Morgan fingerprint density at radius 2 is 1.91 bits per heavy atom. The molecular formula is C17H24F2N2O2. The Bertz CT molecular complexity index is 564. The molecule has 6 heteroatoms. The van der Waals surface area contributed by atoms with Crippen LogP contribution in [0.15, 0.2) is 18.2 Å². The van der Waals surface area contributed by atoms with Crippen LogP contribution in [0, 0.1) is 17.6 Å². The summed E-state index contributed by atoms with van der Waals surface area (Å²) in [6.45, 7) is 6.52. The van der Waals surface area contributed by atoms with Crippen molar-refractivity contribution in [3.63, 3.8) is 0 Å². The number of amides is 1. The predicted molar refractivity (Wildman–Crippen MR) is 83.8 cm³/mol. The molecule has 0 aliphatic carbocycles. The van der Waals surface area contributed by atoms with Gasteiger partial charge in [0.15, 0.2) is 0 Å². The molecule has 1 unspecified atom stereocenters. The zero-order chi connectivity index (χ0) is 17.2. The Morgan fingerprint density at radius 3 is 2.43 bits per heavy atom. The second-order valence-corrected chi connectivity index (χ2v) is 7.00. The van der Waals surface area contributed by atoms with Crippen LogP contribution in [0.25, 0.3) is 0 Å². The molecule has 0 radical (unpaired) electrons. The Morgan fingerprint density at radius 1 is 1.30 bits per heavy atom. The minimum Gasteiger partial charge on any atom is -0.444 e. The van der Waals surface area contributed by atoms with Gasteiger partial charge in [-0.2, -0.15) is 0 Å². The van der Waals surface area contributed by atoms with Gasteiger partial charge >= 0.3 is 6.09 Å². The van der Waals surface area contributed by atoms with Gasteiger partial charge in [-0.05, 0) is 45.6 Å². The van der Waals surface area contributed by atoms with Gasteiger partial charge in [0.1, 0.15) is 17.2 Å². The molecule has 2 rings (SSSR count). The number of rotatable bonds is 2. The predicted octanol–water partition coefficient (Wildman–Crippen LogP) is 3.61. The topological polar surface area (TPSA) is 55.6 Å². The molecular weight excluding hydrogens is 302 g/mol. The maximum absolute atomic E-state index is 13.8. The summed E-state index contributed by atoms with van der Waals surface area (Å²) in [4.78, 5) is 13.7. The highest BCUT2D eigenvalue weighted by molar-refractivity contribution is 5.68. The molecule has 1 aromatic rings. The fourth-order valence-corrected chi connectivity index (χ4v) is 2.79. The fraction of sp³-hybridized carbons (Fsp3) is 0.588. The van der Waals surface area contributed by atoms with Crippen LogP contribution in [0.1, 0.15) is 45.2 Å². The lowest BCUT2D eigenvalue weighted by Crippen LogP contribution is -2.43. The van der Waals surface area contributed by atoms with Gasteiger partial charge in [-0.25, -0.2) is 13.6 Å². The minimum atomic E-state index is -0.618. The fourth-order valence-electron chi connectivity index (χ4n) is 2.79. The number of nitrogens with zero attached hydrogens (tertiary/aromatic N) is 1. The van der Waals surface area contributed by atoms with Crippen LogP contribution in [-0.2, 0) is 4.74 Å². The van der Waals surface area contributed by atoms with Crippen molar-refractivity contribution in [3.8, 4) is 0 Å². The zero-order valence-electron chi connectivity index (χ0n) is 13.8. The summed E-state index contributed by atoms with van der Waals surface area (Å²) in [5.41, 5.74) is 5.94. The van der Waals surface area contributed by atoms with Gasteiger partial charge in [-0.15, -0.1) is 0 Å². The average molecular weight is 326 g/mol. The summed E-state index contributed by atoms with van der Waals surface area (Å²) in [5.74, 6) is -1.18. The summed E-state index contributed by atoms with van der Waals surface area (Å²) in [5, 5.41) is 0. The van der Waals surface area contributed by atoms with Crippen molar-refractivity contribution in [1.29, 1.82) is 0 Å². The van der Waals surface area contributed by atoms with E-state index in [9.17, 15) is 13.6 Å². The SMILES string of the molecule is CC(C)(C)OC(=O)N1CCC(C(N)c2ccc(F)cc2F)CC1. The van der Waals surface area contributed by atoms with E-state index in [2.05, 4.69) is 0 Å². The Labute approximate surface area is 135 Å². The van der Waals surface area contributed by atoms with Crippen molar-refractivity contribution >= 4 is 6.09 Å². The molecule has 1 atom stereocenters. The number of ether oxygens (including phenoxy) is 1. The van der Waals surface area contributed by atoms with E-state index < -0.39 is 23.3 Å². The lowest BCUT2D eigenvalue weighted by molar-refractivity contribution is 0.0174. The molecule has 2 N–H and O–H groups in total. The molecule has 0 spiro atoms. The highest BCUT2D eigenvalue weighted by Crippen LogP contribution is 2.31. The van der Waals surface area contributed by atoms with E-state index in [1.807, 2.05) is 20.8 Å². The molecule has 1 aliphatic rings. The van der Waals surface area contributed by atoms with Crippen molar-refractivity contribution in [3.05, 3.63) is 35.4 Å². The molecule has 1 fully saturated rings. The van der Waals surface area contributed by atoms with E-state index in [1.54, 1.807) is 4.90 Å². The molecule has 1 amide bonds. The van der Waals surface area contributed by atoms with E-state index in [0.29, 0.717) is 31.5 Å². The molecule has 1 saturated heterocycles. The number of benzene rings is 1. The van der Waals surface area contributed by atoms with Gasteiger partial charge in [0.2, 0.25) is 0 Å². The third kappa shape index (κ3) is 4.64. The van der Waals surface area contributed by atoms with E-state index in [0.717, 1.165) is 6.07 Å². The average Bonchev–Trinajstić information content (AvgIpc) is 2.45. The maximum Gasteiger partial charge on any atom is 0.410 e. The van der Waals surface area contributed by atoms with Crippen LogP contribution in [0.5, 0.6) is 0 Å². The highest BCUT2D eigenvalue weighted by atomic mass is 19.1. The number of likely N-dealkylation sites (tertiary alicyclic amines) is 1. The molecule has 128 valence electrons. The largest absolute Gasteiger partial charge is 0.444 e. The number of carbonyl (C=O) groups is 1. The highest BCUT2D eigenvalue weighted by Gasteiger charge is 2.30. The van der Waals surface area contributed by atoms with Gasteiger partial charge < -0.3 is 15.4 Å². The summed E-state index contributed by atoms with van der Waals surface area (Å²) in [6, 6.07) is 2.96. The first-order valence-corrected chi connectivity index (χ1v) is 7.86. The van der Waals surface area contributed by atoms with Crippen molar-refractivity contribution in [2.24, 2.45) is 11.7 Å². The third-order valence-corrected chi connectivity index (χ3v) is 4.02. The lowest BCUT2D eigenvalue weighted by atomic mass is 9.86. The van der Waals surface area contributed by atoms with E-state index >= 15 is 0 Å². The van der Waals surface area contributed by atoms with Gasteiger partial charge in [0.25, 0.3) is 0 Å². The summed E-state index contributed by atoms with van der Waals surface area (Å²) < 4.78 is 32.2. The van der Waals surface area contributed by atoms with Gasteiger partial charge in [-0.3, -0.25) is 0 Å². The van der Waals surface area contributed by atoms with Gasteiger partial charge in [0.05, 0.1) is 0 Å². The van der Waals surface area contributed by atoms with Crippen LogP contribution in [0.4, 0.5) is 13.6 Å². The second-order valence-electron chi connectivity index (χ2n) is 7.00. The number of hydrogen-bond acceptors (Lipinski definition) is 3. The Balaban J connectivity index is 1.95. The van der Waals surface area contributed by atoms with E-state index in [1.165, 1.54) is 12.1 Å². The standard InChI is InChI=1S/C17H24F2N2O2/c1-17(2,3)23-16(22)21-8-6-11(7-9-21)15(20)13-5-4-12(18)10-14(13)19/h4-5,10-11,15H,6-9,20H2,1-3H3. The summed E-state index contributed by atoms with van der Waals surface area (Å²) >= 11 is 0.